The van der Waals surface area contributed by atoms with Crippen LogP contribution in [0.1, 0.15) is 39.0 Å². The molecule has 0 amide bonds. The van der Waals surface area contributed by atoms with E-state index in [1.54, 1.807) is 0 Å². The normalized spacial score (nSPS) is 11.9. The highest BCUT2D eigenvalue weighted by Gasteiger charge is 2.00. The summed E-state index contributed by atoms with van der Waals surface area (Å²) in [6, 6.07) is 0. The van der Waals surface area contributed by atoms with Crippen LogP contribution in [0.3, 0.4) is 0 Å². The minimum absolute atomic E-state index is 0.0608. The van der Waals surface area contributed by atoms with Crippen molar-refractivity contribution in [2.24, 2.45) is 5.14 Å². The highest BCUT2D eigenvalue weighted by atomic mass is 32.2. The van der Waals surface area contributed by atoms with Crippen LogP contribution in [0.15, 0.2) is 0 Å². The Labute approximate surface area is 86.9 Å². The van der Waals surface area contributed by atoms with E-state index in [1.165, 1.54) is 12.8 Å². The Bertz CT molecular complexity index is 214. The Morgan fingerprint density at radius 1 is 1.07 bits per heavy atom. The second kappa shape index (κ2) is 8.20. The van der Waals surface area contributed by atoms with E-state index >= 15 is 0 Å². The van der Waals surface area contributed by atoms with Gasteiger partial charge in [0.25, 0.3) is 0 Å². The lowest BCUT2D eigenvalue weighted by Crippen LogP contribution is -2.16. The van der Waals surface area contributed by atoms with Crippen LogP contribution >= 0.6 is 0 Å². The number of hydrogen-bond acceptors (Lipinski definition) is 3. The zero-order chi connectivity index (χ0) is 10.9. The fourth-order valence-electron chi connectivity index (χ4n) is 1.06. The van der Waals surface area contributed by atoms with Crippen LogP contribution in [-0.4, -0.2) is 27.4 Å². The number of hydrogen-bond donors (Lipinski definition) is 1. The molecule has 0 aromatic rings. The molecule has 0 fully saturated rings. The van der Waals surface area contributed by atoms with Crippen LogP contribution in [0.2, 0.25) is 0 Å². The molecule has 0 spiro atoms. The summed E-state index contributed by atoms with van der Waals surface area (Å²) in [5.41, 5.74) is 0. The van der Waals surface area contributed by atoms with E-state index in [4.69, 9.17) is 9.88 Å². The van der Waals surface area contributed by atoms with Crippen molar-refractivity contribution in [3.05, 3.63) is 0 Å². The highest BCUT2D eigenvalue weighted by Crippen LogP contribution is 1.97. The Morgan fingerprint density at radius 3 is 2.14 bits per heavy atom. The second-order valence-electron chi connectivity index (χ2n) is 3.39. The predicted molar refractivity (Wildman–Crippen MR) is 57.6 cm³/mol. The fourth-order valence-corrected chi connectivity index (χ4v) is 1.67. The summed E-state index contributed by atoms with van der Waals surface area (Å²) in [6.07, 6.45) is 4.83. The number of ether oxygens (including phenoxy) is 1. The molecule has 0 heterocycles. The lowest BCUT2D eigenvalue weighted by molar-refractivity contribution is 0.127. The molecule has 0 rings (SSSR count). The highest BCUT2D eigenvalue weighted by molar-refractivity contribution is 7.89. The molecule has 0 saturated carbocycles. The smallest absolute Gasteiger partial charge is 0.209 e. The van der Waals surface area contributed by atoms with Crippen molar-refractivity contribution >= 4 is 10.0 Å². The molecule has 2 N–H and O–H groups in total. The van der Waals surface area contributed by atoms with E-state index < -0.39 is 10.0 Å². The lowest BCUT2D eigenvalue weighted by atomic mass is 10.3. The maximum absolute atomic E-state index is 10.5. The van der Waals surface area contributed by atoms with Crippen molar-refractivity contribution in [3.63, 3.8) is 0 Å². The van der Waals surface area contributed by atoms with Gasteiger partial charge in [-0.2, -0.15) is 0 Å². The molecule has 14 heavy (non-hydrogen) atoms. The monoisotopic (exact) mass is 223 g/mol. The second-order valence-corrected chi connectivity index (χ2v) is 5.13. The Kier molecular flexibility index (Phi) is 8.12. The lowest BCUT2D eigenvalue weighted by Gasteiger charge is -2.02. The van der Waals surface area contributed by atoms with Crippen molar-refractivity contribution < 1.29 is 13.2 Å². The van der Waals surface area contributed by atoms with Gasteiger partial charge in [-0.05, 0) is 19.3 Å². The first-order chi connectivity index (χ1) is 6.56. The molecule has 0 saturated heterocycles. The third-order valence-electron chi connectivity index (χ3n) is 1.86. The molecule has 0 aromatic heterocycles. The molecule has 5 heteroatoms. The fraction of sp³-hybridized carbons (Fsp3) is 1.00. The number of primary sulfonamides is 1. The molecule has 0 atom stereocenters. The van der Waals surface area contributed by atoms with Crippen LogP contribution in [-0.2, 0) is 14.8 Å². The summed E-state index contributed by atoms with van der Waals surface area (Å²) < 4.78 is 26.4. The molecular weight excluding hydrogens is 202 g/mol. The van der Waals surface area contributed by atoms with Crippen molar-refractivity contribution in [1.29, 1.82) is 0 Å². The first kappa shape index (κ1) is 13.9. The van der Waals surface area contributed by atoms with Gasteiger partial charge in [-0.25, -0.2) is 13.6 Å². The van der Waals surface area contributed by atoms with E-state index in [1.807, 2.05) is 0 Å². The Morgan fingerprint density at radius 2 is 1.64 bits per heavy atom. The van der Waals surface area contributed by atoms with E-state index in [9.17, 15) is 8.42 Å². The molecule has 0 aliphatic heterocycles. The number of unbranched alkanes of at least 4 members (excludes halogenated alkanes) is 3. The minimum Gasteiger partial charge on any atom is -0.381 e. The summed E-state index contributed by atoms with van der Waals surface area (Å²) in [7, 11) is -3.28. The van der Waals surface area contributed by atoms with Crippen LogP contribution in [0, 0.1) is 0 Å². The summed E-state index contributed by atoms with van der Waals surface area (Å²) in [6.45, 7) is 3.56. The zero-order valence-corrected chi connectivity index (χ0v) is 9.68. The Hall–Kier alpha value is -0.130. The van der Waals surface area contributed by atoms with Gasteiger partial charge in [0.2, 0.25) is 10.0 Å². The largest absolute Gasteiger partial charge is 0.381 e. The van der Waals surface area contributed by atoms with Gasteiger partial charge in [-0.1, -0.05) is 19.8 Å². The van der Waals surface area contributed by atoms with Gasteiger partial charge in [-0.3, -0.25) is 0 Å². The first-order valence-electron chi connectivity index (χ1n) is 5.14. The average molecular weight is 223 g/mol. The first-order valence-corrected chi connectivity index (χ1v) is 6.86. The van der Waals surface area contributed by atoms with E-state index in [-0.39, 0.29) is 5.75 Å². The van der Waals surface area contributed by atoms with Gasteiger partial charge in [0, 0.05) is 13.2 Å². The van der Waals surface area contributed by atoms with Crippen LogP contribution in [0.25, 0.3) is 0 Å². The molecule has 86 valence electrons. The van der Waals surface area contributed by atoms with Crippen molar-refractivity contribution in [2.75, 3.05) is 19.0 Å². The van der Waals surface area contributed by atoms with Crippen molar-refractivity contribution in [3.8, 4) is 0 Å². The van der Waals surface area contributed by atoms with Crippen LogP contribution in [0.5, 0.6) is 0 Å². The van der Waals surface area contributed by atoms with Gasteiger partial charge in [0.1, 0.15) is 0 Å². The third kappa shape index (κ3) is 11.9. The summed E-state index contributed by atoms with van der Waals surface area (Å²) in [5.74, 6) is 0.0608. The molecular formula is C9H21NO3S. The van der Waals surface area contributed by atoms with E-state index in [0.717, 1.165) is 19.4 Å². The predicted octanol–water partition coefficient (Wildman–Crippen LogP) is 1.26. The zero-order valence-electron chi connectivity index (χ0n) is 8.87. The summed E-state index contributed by atoms with van der Waals surface area (Å²) in [5, 5.41) is 4.85. The van der Waals surface area contributed by atoms with Gasteiger partial charge >= 0.3 is 0 Å². The average Bonchev–Trinajstić information content (AvgIpc) is 2.08. The van der Waals surface area contributed by atoms with E-state index in [2.05, 4.69) is 6.92 Å². The van der Waals surface area contributed by atoms with E-state index in [0.29, 0.717) is 13.0 Å². The molecule has 0 aromatic carbocycles. The topological polar surface area (TPSA) is 69.4 Å². The van der Waals surface area contributed by atoms with Gasteiger partial charge in [0.05, 0.1) is 5.75 Å². The summed E-state index contributed by atoms with van der Waals surface area (Å²) in [4.78, 5) is 0. The summed E-state index contributed by atoms with van der Waals surface area (Å²) >= 11 is 0. The molecule has 0 aliphatic carbocycles. The van der Waals surface area contributed by atoms with Gasteiger partial charge in [-0.15, -0.1) is 0 Å². The maximum Gasteiger partial charge on any atom is 0.209 e. The molecule has 0 unspecified atom stereocenters. The van der Waals surface area contributed by atoms with Crippen LogP contribution in [0.4, 0.5) is 0 Å². The standard InChI is InChI=1S/C9H21NO3S/c1-2-3-4-7-13-8-5-6-9-14(10,11)12/h2-9H2,1H3,(H2,10,11,12). The molecule has 0 bridgehead atoms. The van der Waals surface area contributed by atoms with Crippen molar-refractivity contribution in [1.82, 2.24) is 0 Å². The number of rotatable bonds is 9. The third-order valence-corrected chi connectivity index (χ3v) is 2.72. The molecule has 4 nitrogen and oxygen atoms in total. The van der Waals surface area contributed by atoms with Crippen LogP contribution < -0.4 is 5.14 Å². The SMILES string of the molecule is CCCCCOCCCCS(N)(=O)=O. The molecule has 0 radical (unpaired) electrons. The Balaban J connectivity index is 3.07. The van der Waals surface area contributed by atoms with Crippen molar-refractivity contribution in [2.45, 2.75) is 39.0 Å². The maximum atomic E-state index is 10.5. The van der Waals surface area contributed by atoms with Gasteiger partial charge < -0.3 is 4.74 Å². The molecule has 0 aliphatic rings. The van der Waals surface area contributed by atoms with Gasteiger partial charge in [0.15, 0.2) is 0 Å². The number of sulfonamides is 1. The number of nitrogens with two attached hydrogens (primary N) is 1. The quantitative estimate of drug-likeness (QED) is 0.598. The minimum atomic E-state index is -3.28.